The maximum Gasteiger partial charge on any atom is 0.407 e. The van der Waals surface area contributed by atoms with Gasteiger partial charge in [0.15, 0.2) is 0 Å². The third kappa shape index (κ3) is 4.34. The highest BCUT2D eigenvalue weighted by molar-refractivity contribution is 6.76. The summed E-state index contributed by atoms with van der Waals surface area (Å²) in [6.07, 6.45) is -0.204. The molecule has 0 unspecified atom stereocenters. The third-order valence-electron chi connectivity index (χ3n) is 4.67. The minimum absolute atomic E-state index is 0.363. The predicted molar refractivity (Wildman–Crippen MR) is 104 cm³/mol. The molecule has 1 aliphatic heterocycles. The monoisotopic (exact) mass is 373 g/mol. The van der Waals surface area contributed by atoms with Crippen molar-refractivity contribution >= 4 is 14.2 Å². The summed E-state index contributed by atoms with van der Waals surface area (Å²) in [5.41, 5.74) is 4.10. The van der Waals surface area contributed by atoms with E-state index >= 15 is 0 Å². The van der Waals surface area contributed by atoms with E-state index in [9.17, 15) is 9.90 Å². The zero-order valence-corrected chi connectivity index (χ0v) is 16.7. The molecule has 0 saturated heterocycles. The molecule has 0 saturated carbocycles. The molecule has 1 aromatic carbocycles. The van der Waals surface area contributed by atoms with Gasteiger partial charge in [-0.1, -0.05) is 50.0 Å². The number of hydrogen-bond donors (Lipinski definition) is 1. The molecule has 2 aromatic rings. The lowest BCUT2D eigenvalue weighted by atomic mass is 10.0. The Morgan fingerprint density at radius 2 is 2.00 bits per heavy atom. The standard InChI is InChI=1S/C19H27N3O3Si/c1-26(2,3)12-11-25-14-22-17-13-21(19(23)24)10-9-16(17)18(20-22)15-7-5-4-6-8-15/h4-8H,9-14H2,1-3H3,(H,23,24). The van der Waals surface area contributed by atoms with Gasteiger partial charge in [0.2, 0.25) is 0 Å². The van der Waals surface area contributed by atoms with Crippen LogP contribution in [0.2, 0.25) is 25.7 Å². The van der Waals surface area contributed by atoms with Crippen LogP contribution in [0.5, 0.6) is 0 Å². The summed E-state index contributed by atoms with van der Waals surface area (Å²) in [5, 5.41) is 14.1. The van der Waals surface area contributed by atoms with Crippen molar-refractivity contribution in [3.8, 4) is 11.3 Å². The van der Waals surface area contributed by atoms with Gasteiger partial charge in [0.1, 0.15) is 6.73 Å². The van der Waals surface area contributed by atoms with Crippen LogP contribution in [0.25, 0.3) is 11.3 Å². The van der Waals surface area contributed by atoms with E-state index in [0.717, 1.165) is 28.6 Å². The van der Waals surface area contributed by atoms with Gasteiger partial charge in [0, 0.05) is 32.4 Å². The minimum Gasteiger partial charge on any atom is -0.465 e. The Morgan fingerprint density at radius 1 is 1.27 bits per heavy atom. The Morgan fingerprint density at radius 3 is 2.65 bits per heavy atom. The molecule has 0 aliphatic carbocycles. The summed E-state index contributed by atoms with van der Waals surface area (Å²) in [6, 6.07) is 11.2. The number of rotatable bonds is 6. The average molecular weight is 374 g/mol. The molecule has 0 bridgehead atoms. The average Bonchev–Trinajstić information content (AvgIpc) is 2.96. The molecule has 0 fully saturated rings. The van der Waals surface area contributed by atoms with E-state index in [-0.39, 0.29) is 0 Å². The molecule has 0 atom stereocenters. The number of nitrogens with zero attached hydrogens (tertiary/aromatic N) is 3. The van der Waals surface area contributed by atoms with E-state index in [1.54, 1.807) is 0 Å². The topological polar surface area (TPSA) is 67.6 Å². The number of ether oxygens (including phenoxy) is 1. The predicted octanol–water partition coefficient (Wildman–Crippen LogP) is 3.90. The van der Waals surface area contributed by atoms with Gasteiger partial charge in [-0.05, 0) is 12.5 Å². The molecule has 26 heavy (non-hydrogen) atoms. The Balaban J connectivity index is 1.84. The van der Waals surface area contributed by atoms with E-state index in [2.05, 4.69) is 19.6 Å². The molecule has 1 aromatic heterocycles. The van der Waals surface area contributed by atoms with Gasteiger partial charge < -0.3 is 14.7 Å². The zero-order chi connectivity index (χ0) is 18.7. The van der Waals surface area contributed by atoms with Crippen molar-refractivity contribution in [3.63, 3.8) is 0 Å². The zero-order valence-electron chi connectivity index (χ0n) is 15.7. The first-order valence-electron chi connectivity index (χ1n) is 9.05. The smallest absolute Gasteiger partial charge is 0.407 e. The highest BCUT2D eigenvalue weighted by Gasteiger charge is 2.27. The fourth-order valence-corrected chi connectivity index (χ4v) is 3.86. The van der Waals surface area contributed by atoms with Gasteiger partial charge >= 0.3 is 6.09 Å². The molecule has 0 radical (unpaired) electrons. The molecule has 1 aliphatic rings. The van der Waals surface area contributed by atoms with Crippen LogP contribution < -0.4 is 0 Å². The second-order valence-corrected chi connectivity index (χ2v) is 13.6. The summed E-state index contributed by atoms with van der Waals surface area (Å²) < 4.78 is 7.72. The van der Waals surface area contributed by atoms with Gasteiger partial charge in [-0.25, -0.2) is 9.48 Å². The van der Waals surface area contributed by atoms with E-state index in [1.807, 2.05) is 35.0 Å². The van der Waals surface area contributed by atoms with E-state index < -0.39 is 14.2 Å². The minimum atomic E-state index is -1.14. The van der Waals surface area contributed by atoms with E-state index in [1.165, 1.54) is 4.90 Å². The summed E-state index contributed by atoms with van der Waals surface area (Å²) >= 11 is 0. The highest BCUT2D eigenvalue weighted by atomic mass is 28.3. The van der Waals surface area contributed by atoms with Crippen LogP contribution in [0.4, 0.5) is 4.79 Å². The maximum absolute atomic E-state index is 11.4. The normalized spacial score (nSPS) is 14.3. The number of carbonyl (C=O) groups is 1. The number of carboxylic acid groups (broad SMARTS) is 1. The summed E-state index contributed by atoms with van der Waals surface area (Å²) in [6.45, 7) is 8.92. The van der Waals surface area contributed by atoms with Crippen LogP contribution in [0, 0.1) is 0 Å². The molecule has 6 nitrogen and oxygen atoms in total. The van der Waals surface area contributed by atoms with Gasteiger partial charge in [-0.15, -0.1) is 0 Å². The molecule has 1 N–H and O–H groups in total. The van der Waals surface area contributed by atoms with Crippen LogP contribution in [0.3, 0.4) is 0 Å². The first-order chi connectivity index (χ1) is 12.3. The first-order valence-corrected chi connectivity index (χ1v) is 12.8. The molecule has 3 rings (SSSR count). The lowest BCUT2D eigenvalue weighted by molar-refractivity contribution is 0.0732. The molecular weight excluding hydrogens is 346 g/mol. The van der Waals surface area contributed by atoms with Crippen LogP contribution in [0.1, 0.15) is 11.3 Å². The number of aromatic nitrogens is 2. The second-order valence-electron chi connectivity index (χ2n) is 7.94. The van der Waals surface area contributed by atoms with Crippen LogP contribution >= 0.6 is 0 Å². The van der Waals surface area contributed by atoms with Crippen molar-refractivity contribution < 1.29 is 14.6 Å². The van der Waals surface area contributed by atoms with Gasteiger partial charge in [-0.3, -0.25) is 0 Å². The quantitative estimate of drug-likeness (QED) is 0.616. The molecule has 140 valence electrons. The van der Waals surface area contributed by atoms with Crippen LogP contribution in [-0.2, 0) is 24.4 Å². The van der Waals surface area contributed by atoms with Crippen molar-refractivity contribution in [1.82, 2.24) is 14.7 Å². The van der Waals surface area contributed by atoms with Crippen molar-refractivity contribution in [2.24, 2.45) is 0 Å². The van der Waals surface area contributed by atoms with Crippen molar-refractivity contribution in [1.29, 1.82) is 0 Å². The molecule has 0 spiro atoms. The SMILES string of the molecule is C[Si](C)(C)CCOCn1nc(-c2ccccc2)c2c1CN(C(=O)O)CC2. The highest BCUT2D eigenvalue weighted by Crippen LogP contribution is 2.30. The van der Waals surface area contributed by atoms with E-state index in [4.69, 9.17) is 9.84 Å². The molecule has 2 heterocycles. The van der Waals surface area contributed by atoms with Gasteiger partial charge in [0.05, 0.1) is 17.9 Å². The maximum atomic E-state index is 11.4. The Kier molecular flexibility index (Phi) is 5.48. The second kappa shape index (κ2) is 7.63. The largest absolute Gasteiger partial charge is 0.465 e. The fourth-order valence-electron chi connectivity index (χ4n) is 3.11. The molecular formula is C19H27N3O3Si. The molecule has 7 heteroatoms. The lowest BCUT2D eigenvalue weighted by Crippen LogP contribution is -2.35. The Bertz CT molecular complexity index is 768. The Labute approximate surface area is 155 Å². The number of fused-ring (bicyclic) bond motifs is 1. The summed E-state index contributed by atoms with van der Waals surface area (Å²) in [4.78, 5) is 12.8. The summed E-state index contributed by atoms with van der Waals surface area (Å²) in [7, 11) is -1.14. The van der Waals surface area contributed by atoms with Crippen LogP contribution in [-0.4, -0.2) is 47.1 Å². The number of benzene rings is 1. The number of amides is 1. The van der Waals surface area contributed by atoms with Crippen LogP contribution in [0.15, 0.2) is 30.3 Å². The number of hydrogen-bond acceptors (Lipinski definition) is 3. The summed E-state index contributed by atoms with van der Waals surface area (Å²) in [5.74, 6) is 0. The van der Waals surface area contributed by atoms with Crippen molar-refractivity contribution in [3.05, 3.63) is 41.6 Å². The van der Waals surface area contributed by atoms with Crippen molar-refractivity contribution in [2.45, 2.75) is 45.4 Å². The first kappa shape index (κ1) is 18.7. The van der Waals surface area contributed by atoms with E-state index in [0.29, 0.717) is 32.8 Å². The Hall–Kier alpha value is -2.12. The third-order valence-corrected chi connectivity index (χ3v) is 6.37. The fraction of sp³-hybridized carbons (Fsp3) is 0.474. The lowest BCUT2D eigenvalue weighted by Gasteiger charge is -2.25. The van der Waals surface area contributed by atoms with Gasteiger partial charge in [-0.2, -0.15) is 5.10 Å². The molecule has 1 amide bonds. The van der Waals surface area contributed by atoms with Crippen molar-refractivity contribution in [2.75, 3.05) is 13.2 Å². The van der Waals surface area contributed by atoms with Gasteiger partial charge in [0.25, 0.3) is 0 Å².